The summed E-state index contributed by atoms with van der Waals surface area (Å²) < 4.78 is 27.0. The van der Waals surface area contributed by atoms with Crippen molar-refractivity contribution < 1.29 is 8.42 Å². The van der Waals surface area contributed by atoms with Crippen LogP contribution in [0.5, 0.6) is 0 Å². The second kappa shape index (κ2) is 5.38. The van der Waals surface area contributed by atoms with Crippen LogP contribution >= 0.6 is 23.4 Å². The average Bonchev–Trinajstić information content (AvgIpc) is 2.94. The van der Waals surface area contributed by atoms with E-state index in [0.29, 0.717) is 23.2 Å². The third-order valence-corrected chi connectivity index (χ3v) is 6.49. The van der Waals surface area contributed by atoms with Crippen LogP contribution < -0.4 is 4.72 Å². The smallest absolute Gasteiger partial charge is 0.237 e. The molecule has 0 radical (unpaired) electrons. The molecule has 1 atom stereocenters. The highest BCUT2D eigenvalue weighted by Crippen LogP contribution is 2.27. The number of hydrogen-bond acceptors (Lipinski definition) is 5. The molecule has 2 aromatic rings. The minimum absolute atomic E-state index is 0.0675. The first-order chi connectivity index (χ1) is 9.56. The summed E-state index contributed by atoms with van der Waals surface area (Å²) in [7, 11) is -3.46. The molecule has 1 aromatic carbocycles. The third-order valence-electron chi connectivity index (χ3n) is 3.09. The number of sulfonamides is 1. The Balaban J connectivity index is 1.96. The number of hydrogen-bond donors (Lipinski definition) is 1. The number of aromatic nitrogens is 2. The van der Waals surface area contributed by atoms with Crippen LogP contribution in [0.15, 0.2) is 24.3 Å². The zero-order chi connectivity index (χ0) is 14.2. The number of rotatable bonds is 3. The number of nitrogens with one attached hydrogen (secondary N) is 1. The molecule has 1 aromatic heterocycles. The van der Waals surface area contributed by atoms with E-state index in [9.17, 15) is 8.42 Å². The van der Waals surface area contributed by atoms with Gasteiger partial charge in [0.05, 0.1) is 16.3 Å². The molecular weight excluding hydrogens is 318 g/mol. The minimum atomic E-state index is -3.46. The normalized spacial score (nSPS) is 19.4. The topological polar surface area (TPSA) is 72.0 Å². The Morgan fingerprint density at radius 1 is 1.25 bits per heavy atom. The van der Waals surface area contributed by atoms with Crippen LogP contribution in [0.1, 0.15) is 6.42 Å². The fourth-order valence-corrected chi connectivity index (χ4v) is 5.46. The van der Waals surface area contributed by atoms with Crippen molar-refractivity contribution in [1.82, 2.24) is 9.97 Å². The standard InChI is InChI=1S/C12H12ClN3O2S2/c13-11-12(15-10-4-2-1-3-9(10)14-11)16-20(17,18)8-5-6-19-7-8/h1-4,8H,5-7H2,(H,15,16). The second-order valence-corrected chi connectivity index (χ2v) is 7.95. The number of thioether (sulfide) groups is 1. The number of nitrogens with zero attached hydrogens (tertiary/aromatic N) is 2. The largest absolute Gasteiger partial charge is 0.264 e. The lowest BCUT2D eigenvalue weighted by Crippen LogP contribution is -2.28. The van der Waals surface area contributed by atoms with E-state index < -0.39 is 15.3 Å². The van der Waals surface area contributed by atoms with Gasteiger partial charge in [-0.05, 0) is 24.3 Å². The molecule has 8 heteroatoms. The highest BCUT2D eigenvalue weighted by Gasteiger charge is 2.30. The molecule has 0 spiro atoms. The van der Waals surface area contributed by atoms with Crippen molar-refractivity contribution >= 4 is 50.2 Å². The number of benzene rings is 1. The van der Waals surface area contributed by atoms with Crippen LogP contribution in [0.25, 0.3) is 11.0 Å². The summed E-state index contributed by atoms with van der Waals surface area (Å²) >= 11 is 7.65. The van der Waals surface area contributed by atoms with Crippen LogP contribution in [-0.2, 0) is 10.0 Å². The van der Waals surface area contributed by atoms with E-state index in [-0.39, 0.29) is 11.0 Å². The molecule has 2 heterocycles. The molecule has 3 rings (SSSR count). The lowest BCUT2D eigenvalue weighted by atomic mass is 10.3. The van der Waals surface area contributed by atoms with Gasteiger partial charge < -0.3 is 0 Å². The first-order valence-electron chi connectivity index (χ1n) is 6.08. The number of halogens is 1. The maximum atomic E-state index is 12.2. The van der Waals surface area contributed by atoms with Crippen molar-refractivity contribution in [2.45, 2.75) is 11.7 Å². The van der Waals surface area contributed by atoms with Gasteiger partial charge in [0, 0.05) is 5.75 Å². The maximum absolute atomic E-state index is 12.2. The summed E-state index contributed by atoms with van der Waals surface area (Å²) in [5, 5.41) is -0.324. The van der Waals surface area contributed by atoms with Gasteiger partial charge in [-0.15, -0.1) is 0 Å². The monoisotopic (exact) mass is 329 g/mol. The molecule has 1 aliphatic heterocycles. The Hall–Kier alpha value is -1.05. The van der Waals surface area contributed by atoms with E-state index >= 15 is 0 Å². The van der Waals surface area contributed by atoms with Gasteiger partial charge in [-0.2, -0.15) is 11.8 Å². The van der Waals surface area contributed by atoms with Crippen molar-refractivity contribution in [3.63, 3.8) is 0 Å². The van der Waals surface area contributed by atoms with Gasteiger partial charge in [-0.3, -0.25) is 4.72 Å². The predicted molar refractivity (Wildman–Crippen MR) is 82.8 cm³/mol. The highest BCUT2D eigenvalue weighted by molar-refractivity contribution is 8.01. The van der Waals surface area contributed by atoms with E-state index in [0.717, 1.165) is 5.75 Å². The second-order valence-electron chi connectivity index (χ2n) is 4.48. The first kappa shape index (κ1) is 13.9. The van der Waals surface area contributed by atoms with E-state index in [1.54, 1.807) is 23.9 Å². The predicted octanol–water partition coefficient (Wildman–Crippen LogP) is 2.53. The van der Waals surface area contributed by atoms with Crippen LogP contribution in [0.3, 0.4) is 0 Å². The van der Waals surface area contributed by atoms with Crippen molar-refractivity contribution in [2.75, 3.05) is 16.2 Å². The molecule has 1 saturated heterocycles. The Kier molecular flexibility index (Phi) is 3.74. The van der Waals surface area contributed by atoms with Crippen LogP contribution in [-0.4, -0.2) is 35.1 Å². The molecule has 20 heavy (non-hydrogen) atoms. The van der Waals surface area contributed by atoms with E-state index in [1.807, 2.05) is 12.1 Å². The van der Waals surface area contributed by atoms with Crippen molar-refractivity contribution in [1.29, 1.82) is 0 Å². The van der Waals surface area contributed by atoms with Gasteiger partial charge in [-0.25, -0.2) is 18.4 Å². The molecular formula is C12H12ClN3O2S2. The van der Waals surface area contributed by atoms with E-state index in [1.165, 1.54) is 0 Å². The number of fused-ring (bicyclic) bond motifs is 1. The molecule has 1 fully saturated rings. The van der Waals surface area contributed by atoms with Crippen molar-refractivity contribution in [3.8, 4) is 0 Å². The summed E-state index contributed by atoms with van der Waals surface area (Å²) in [5.74, 6) is 1.57. The molecule has 0 bridgehead atoms. The van der Waals surface area contributed by atoms with Crippen LogP contribution in [0.4, 0.5) is 5.82 Å². The van der Waals surface area contributed by atoms with Gasteiger partial charge in [-0.1, -0.05) is 23.7 Å². The summed E-state index contributed by atoms with van der Waals surface area (Å²) in [6, 6.07) is 7.19. The van der Waals surface area contributed by atoms with Gasteiger partial charge in [0.2, 0.25) is 10.0 Å². The maximum Gasteiger partial charge on any atom is 0.237 e. The Morgan fingerprint density at radius 2 is 1.95 bits per heavy atom. The van der Waals surface area contributed by atoms with Gasteiger partial charge in [0.25, 0.3) is 0 Å². The van der Waals surface area contributed by atoms with Crippen LogP contribution in [0, 0.1) is 0 Å². The van der Waals surface area contributed by atoms with E-state index in [2.05, 4.69) is 14.7 Å². The van der Waals surface area contributed by atoms with Crippen molar-refractivity contribution in [2.24, 2.45) is 0 Å². The lowest BCUT2D eigenvalue weighted by Gasteiger charge is -2.13. The van der Waals surface area contributed by atoms with E-state index in [4.69, 9.17) is 11.6 Å². The summed E-state index contributed by atoms with van der Waals surface area (Å²) in [5.41, 5.74) is 1.24. The average molecular weight is 330 g/mol. The third kappa shape index (κ3) is 2.70. The summed E-state index contributed by atoms with van der Waals surface area (Å²) in [4.78, 5) is 8.40. The van der Waals surface area contributed by atoms with Gasteiger partial charge in [0.15, 0.2) is 11.0 Å². The lowest BCUT2D eigenvalue weighted by molar-refractivity contribution is 0.589. The Morgan fingerprint density at radius 3 is 2.60 bits per heavy atom. The SMILES string of the molecule is O=S(=O)(Nc1nc2ccccc2nc1Cl)C1CCSC1. The molecule has 1 N–H and O–H groups in total. The quantitative estimate of drug-likeness (QED) is 0.936. The highest BCUT2D eigenvalue weighted by atomic mass is 35.5. The Labute approximate surface area is 126 Å². The number of anilines is 1. The fraction of sp³-hybridized carbons (Fsp3) is 0.333. The summed E-state index contributed by atoms with van der Waals surface area (Å²) in [6.07, 6.45) is 0.651. The zero-order valence-corrected chi connectivity index (χ0v) is 12.8. The molecule has 106 valence electrons. The van der Waals surface area contributed by atoms with Gasteiger partial charge >= 0.3 is 0 Å². The first-order valence-corrected chi connectivity index (χ1v) is 9.16. The molecule has 0 aliphatic carbocycles. The molecule has 1 unspecified atom stereocenters. The Bertz CT molecular complexity index is 745. The molecule has 0 saturated carbocycles. The molecule has 0 amide bonds. The fourth-order valence-electron chi connectivity index (χ4n) is 2.02. The minimum Gasteiger partial charge on any atom is -0.264 e. The molecule has 1 aliphatic rings. The zero-order valence-electron chi connectivity index (χ0n) is 10.4. The summed E-state index contributed by atoms with van der Waals surface area (Å²) in [6.45, 7) is 0. The van der Waals surface area contributed by atoms with Crippen molar-refractivity contribution in [3.05, 3.63) is 29.4 Å². The molecule has 5 nitrogen and oxygen atoms in total. The van der Waals surface area contributed by atoms with Gasteiger partial charge in [0.1, 0.15) is 0 Å². The van der Waals surface area contributed by atoms with Crippen LogP contribution in [0.2, 0.25) is 5.15 Å². The number of para-hydroxylation sites is 2.